The number of nitrogens with one attached hydrogen (secondary N) is 2. The van der Waals surface area contributed by atoms with E-state index in [1.807, 2.05) is 32.8 Å². The van der Waals surface area contributed by atoms with Crippen molar-refractivity contribution in [3.63, 3.8) is 0 Å². The van der Waals surface area contributed by atoms with E-state index in [1.165, 1.54) is 0 Å². The quantitative estimate of drug-likeness (QED) is 0.511. The molecule has 4 N–H and O–H groups in total. The first-order valence-electron chi connectivity index (χ1n) is 6.21. The molecule has 0 aromatic rings. The Hall–Kier alpha value is -1.34. The van der Waals surface area contributed by atoms with Crippen LogP contribution in [0.25, 0.3) is 0 Å². The fourth-order valence-corrected chi connectivity index (χ4v) is 1.36. The number of urea groups is 1. The lowest BCUT2D eigenvalue weighted by atomic mass is 10.0. The normalized spacial score (nSPS) is 16.0. The van der Waals surface area contributed by atoms with Crippen molar-refractivity contribution in [1.82, 2.24) is 15.5 Å². The zero-order valence-electron chi connectivity index (χ0n) is 12.2. The molecule has 0 spiro atoms. The fraction of sp³-hybridized carbons (Fsp3) is 0.833. The maximum atomic E-state index is 11.7. The molecule has 7 nitrogen and oxygen atoms in total. The Morgan fingerprint density at radius 2 is 1.84 bits per heavy atom. The molecular weight excluding hydrogens is 250 g/mol. The predicted molar refractivity (Wildman–Crippen MR) is 72.0 cm³/mol. The number of amides is 2. The van der Waals surface area contributed by atoms with Crippen molar-refractivity contribution >= 4 is 12.0 Å². The van der Waals surface area contributed by atoms with Gasteiger partial charge in [-0.15, -0.1) is 0 Å². The average Bonchev–Trinajstić information content (AvgIpc) is 2.24. The first-order chi connectivity index (χ1) is 8.56. The van der Waals surface area contributed by atoms with Gasteiger partial charge in [0.15, 0.2) is 5.60 Å². The van der Waals surface area contributed by atoms with Crippen LogP contribution in [0.5, 0.6) is 0 Å². The number of aliphatic carboxylic acids is 1. The number of likely N-dealkylation sites (N-methyl/N-ethyl adjacent to an activating group) is 1. The number of hydrogen-bond donors (Lipinski definition) is 4. The van der Waals surface area contributed by atoms with Crippen LogP contribution in [0, 0.1) is 5.92 Å². The van der Waals surface area contributed by atoms with Crippen LogP contribution in [-0.4, -0.2) is 65.9 Å². The molecule has 2 amide bonds. The van der Waals surface area contributed by atoms with Gasteiger partial charge < -0.3 is 25.7 Å². The monoisotopic (exact) mass is 275 g/mol. The van der Waals surface area contributed by atoms with E-state index >= 15 is 0 Å². The molecule has 2 atom stereocenters. The molecule has 0 saturated heterocycles. The second kappa shape index (κ2) is 7.30. The highest BCUT2D eigenvalue weighted by molar-refractivity contribution is 5.79. The van der Waals surface area contributed by atoms with Gasteiger partial charge in [0.25, 0.3) is 0 Å². The molecule has 0 heterocycles. The highest BCUT2D eigenvalue weighted by Gasteiger charge is 2.30. The second-order valence-electron chi connectivity index (χ2n) is 5.52. The Bertz CT molecular complexity index is 316. The van der Waals surface area contributed by atoms with Gasteiger partial charge in [0.05, 0.1) is 6.54 Å². The molecule has 0 bridgehead atoms. The van der Waals surface area contributed by atoms with Crippen LogP contribution >= 0.6 is 0 Å². The number of carboxylic acids is 1. The van der Waals surface area contributed by atoms with E-state index in [0.717, 1.165) is 6.92 Å². The number of carboxylic acid groups (broad SMARTS) is 1. The highest BCUT2D eigenvalue weighted by atomic mass is 16.4. The summed E-state index contributed by atoms with van der Waals surface area (Å²) in [5.41, 5.74) is -1.97. The Kier molecular flexibility index (Phi) is 6.78. The Morgan fingerprint density at radius 1 is 1.32 bits per heavy atom. The summed E-state index contributed by atoms with van der Waals surface area (Å²) in [6, 6.07) is -0.535. The number of carbonyl (C=O) groups is 2. The summed E-state index contributed by atoms with van der Waals surface area (Å²) >= 11 is 0. The topological polar surface area (TPSA) is 102 Å². The molecule has 0 aliphatic rings. The third-order valence-corrected chi connectivity index (χ3v) is 2.74. The fourth-order valence-electron chi connectivity index (χ4n) is 1.36. The third kappa shape index (κ3) is 6.97. The number of nitrogens with zero attached hydrogens (tertiary/aromatic N) is 1. The molecule has 0 aliphatic carbocycles. The molecule has 0 rings (SSSR count). The standard InChI is InChI=1S/C12H25N3O4/c1-8(2)9(6-15(4)5)14-11(18)13-7-12(3,19)10(16)17/h8-9,19H,6-7H2,1-5H3,(H,16,17)(H2,13,14,18). The number of rotatable bonds is 7. The maximum absolute atomic E-state index is 11.7. The lowest BCUT2D eigenvalue weighted by Gasteiger charge is -2.26. The first kappa shape index (κ1) is 17.7. The molecule has 0 fully saturated rings. The van der Waals surface area contributed by atoms with Crippen LogP contribution in [0.3, 0.4) is 0 Å². The van der Waals surface area contributed by atoms with Crippen molar-refractivity contribution in [3.05, 3.63) is 0 Å². The number of carbonyl (C=O) groups excluding carboxylic acids is 1. The molecular formula is C12H25N3O4. The van der Waals surface area contributed by atoms with Crippen LogP contribution in [0.15, 0.2) is 0 Å². The first-order valence-corrected chi connectivity index (χ1v) is 6.21. The largest absolute Gasteiger partial charge is 0.479 e. The SMILES string of the molecule is CC(C)C(CN(C)C)NC(=O)NCC(C)(O)C(=O)O. The summed E-state index contributed by atoms with van der Waals surface area (Å²) in [6.07, 6.45) is 0. The van der Waals surface area contributed by atoms with Crippen LogP contribution in [0.2, 0.25) is 0 Å². The maximum Gasteiger partial charge on any atom is 0.337 e. The highest BCUT2D eigenvalue weighted by Crippen LogP contribution is 2.03. The third-order valence-electron chi connectivity index (χ3n) is 2.74. The van der Waals surface area contributed by atoms with Gasteiger partial charge in [0.1, 0.15) is 0 Å². The van der Waals surface area contributed by atoms with Crippen molar-refractivity contribution < 1.29 is 19.8 Å². The predicted octanol–water partition coefficient (Wildman–Crippen LogP) is -0.293. The molecule has 0 aromatic carbocycles. The lowest BCUT2D eigenvalue weighted by molar-refractivity contribution is -0.155. The van der Waals surface area contributed by atoms with E-state index in [2.05, 4.69) is 10.6 Å². The molecule has 112 valence electrons. The summed E-state index contributed by atoms with van der Waals surface area (Å²) in [7, 11) is 3.81. The molecule has 0 aromatic heterocycles. The lowest BCUT2D eigenvalue weighted by Crippen LogP contribution is -2.53. The molecule has 0 radical (unpaired) electrons. The van der Waals surface area contributed by atoms with Crippen LogP contribution < -0.4 is 10.6 Å². The number of hydrogen-bond acceptors (Lipinski definition) is 4. The summed E-state index contributed by atoms with van der Waals surface area (Å²) in [4.78, 5) is 24.3. The van der Waals surface area contributed by atoms with E-state index in [-0.39, 0.29) is 18.5 Å². The van der Waals surface area contributed by atoms with Gasteiger partial charge >= 0.3 is 12.0 Å². The minimum absolute atomic E-state index is 0.0511. The van der Waals surface area contributed by atoms with Gasteiger partial charge in [0, 0.05) is 12.6 Å². The molecule has 19 heavy (non-hydrogen) atoms. The summed E-state index contributed by atoms with van der Waals surface area (Å²) in [5, 5.41) is 23.3. The van der Waals surface area contributed by atoms with E-state index in [0.29, 0.717) is 6.54 Å². The van der Waals surface area contributed by atoms with Gasteiger partial charge in [-0.1, -0.05) is 13.8 Å². The van der Waals surface area contributed by atoms with Crippen LogP contribution in [-0.2, 0) is 4.79 Å². The van der Waals surface area contributed by atoms with Crippen LogP contribution in [0.1, 0.15) is 20.8 Å². The average molecular weight is 275 g/mol. The van der Waals surface area contributed by atoms with E-state index in [1.54, 1.807) is 0 Å². The van der Waals surface area contributed by atoms with Crippen molar-refractivity contribution in [1.29, 1.82) is 0 Å². The van der Waals surface area contributed by atoms with Gasteiger partial charge in [-0.25, -0.2) is 9.59 Å². The van der Waals surface area contributed by atoms with E-state index in [9.17, 15) is 14.7 Å². The smallest absolute Gasteiger partial charge is 0.337 e. The minimum atomic E-state index is -1.97. The minimum Gasteiger partial charge on any atom is -0.479 e. The van der Waals surface area contributed by atoms with Crippen LogP contribution in [0.4, 0.5) is 4.79 Å². The summed E-state index contributed by atoms with van der Waals surface area (Å²) in [6.45, 7) is 5.44. The van der Waals surface area contributed by atoms with Gasteiger partial charge in [0.2, 0.25) is 0 Å². The van der Waals surface area contributed by atoms with Gasteiger partial charge in [-0.05, 0) is 26.9 Å². The van der Waals surface area contributed by atoms with Crippen molar-refractivity contribution in [2.45, 2.75) is 32.4 Å². The molecule has 0 aliphatic heterocycles. The summed E-state index contributed by atoms with van der Waals surface area (Å²) in [5.74, 6) is -1.13. The zero-order chi connectivity index (χ0) is 15.2. The van der Waals surface area contributed by atoms with E-state index < -0.39 is 17.6 Å². The Morgan fingerprint density at radius 3 is 2.21 bits per heavy atom. The Balaban J connectivity index is 4.32. The number of aliphatic hydroxyl groups is 1. The van der Waals surface area contributed by atoms with Crippen molar-refractivity contribution in [3.8, 4) is 0 Å². The van der Waals surface area contributed by atoms with Gasteiger partial charge in [-0.3, -0.25) is 0 Å². The molecule has 7 heteroatoms. The Labute approximate surface area is 114 Å². The van der Waals surface area contributed by atoms with Crippen molar-refractivity contribution in [2.24, 2.45) is 5.92 Å². The van der Waals surface area contributed by atoms with Gasteiger partial charge in [-0.2, -0.15) is 0 Å². The zero-order valence-corrected chi connectivity index (χ0v) is 12.2. The molecule has 0 saturated carbocycles. The van der Waals surface area contributed by atoms with E-state index in [4.69, 9.17) is 5.11 Å². The molecule has 2 unspecified atom stereocenters. The summed E-state index contributed by atoms with van der Waals surface area (Å²) < 4.78 is 0. The van der Waals surface area contributed by atoms with Crippen molar-refractivity contribution in [2.75, 3.05) is 27.2 Å². The second-order valence-corrected chi connectivity index (χ2v) is 5.52.